The van der Waals surface area contributed by atoms with E-state index in [2.05, 4.69) is 19.4 Å². The Morgan fingerprint density at radius 1 is 0.567 bits per heavy atom. The summed E-state index contributed by atoms with van der Waals surface area (Å²) in [6.45, 7) is -0.368. The number of hydrogen-bond donors (Lipinski definition) is 4. The van der Waals surface area contributed by atoms with Crippen LogP contribution >= 0.6 is 0 Å². The number of nitrogens with one attached hydrogen (secondary N) is 4. The van der Waals surface area contributed by atoms with Crippen molar-refractivity contribution in [3.8, 4) is 0 Å². The number of H-pyrrole nitrogens is 2. The number of halogens is 6. The molecule has 60 heavy (non-hydrogen) atoms. The Labute approximate surface area is 338 Å². The number of non-ortho nitro benzene ring substituents is 1. The van der Waals surface area contributed by atoms with Gasteiger partial charge in [-0.3, -0.25) is 10.1 Å². The lowest BCUT2D eigenvalue weighted by Gasteiger charge is -2.20. The first-order valence-electron chi connectivity index (χ1n) is 18.1. The van der Waals surface area contributed by atoms with Crippen LogP contribution in [0, 0.1) is 10.1 Å². The van der Waals surface area contributed by atoms with Crippen molar-refractivity contribution in [2.45, 2.75) is 40.9 Å². The van der Waals surface area contributed by atoms with Gasteiger partial charge in [0.05, 0.1) is 31.8 Å². The SMILES string of the molecule is O=[N+]([O-])c1ccc(C(c2[nH]c3ccccc3c2CCNS(=O)(=O)c2ccc(C(F)(F)F)cc2)c2[nH]c3ccccc3c2CCNS(=O)(=O)c2ccc(C(F)(F)F)cc2)cc1. The van der Waals surface area contributed by atoms with Crippen molar-refractivity contribution >= 4 is 47.5 Å². The summed E-state index contributed by atoms with van der Waals surface area (Å²) in [5, 5.41) is 13.1. The van der Waals surface area contributed by atoms with Gasteiger partial charge in [-0.1, -0.05) is 48.5 Å². The second-order valence-electron chi connectivity index (χ2n) is 13.7. The van der Waals surface area contributed by atoms with E-state index < -0.39 is 54.4 Å². The van der Waals surface area contributed by atoms with Gasteiger partial charge in [0.1, 0.15) is 0 Å². The summed E-state index contributed by atoms with van der Waals surface area (Å²) in [7, 11) is -8.52. The molecule has 0 aliphatic heterocycles. The zero-order chi connectivity index (χ0) is 43.0. The summed E-state index contributed by atoms with van der Waals surface area (Å²) >= 11 is 0. The van der Waals surface area contributed by atoms with Gasteiger partial charge in [-0.15, -0.1) is 0 Å². The molecule has 19 heteroatoms. The second-order valence-corrected chi connectivity index (χ2v) is 17.3. The van der Waals surface area contributed by atoms with Gasteiger partial charge < -0.3 is 9.97 Å². The van der Waals surface area contributed by atoms with Crippen molar-refractivity contribution in [2.24, 2.45) is 0 Å². The fourth-order valence-corrected chi connectivity index (χ4v) is 9.24. The number of aromatic nitrogens is 2. The van der Waals surface area contributed by atoms with E-state index in [1.54, 1.807) is 36.4 Å². The normalized spacial score (nSPS) is 12.8. The van der Waals surface area contributed by atoms with Crippen LogP contribution in [0.3, 0.4) is 0 Å². The molecule has 0 radical (unpaired) electrons. The first-order chi connectivity index (χ1) is 28.3. The molecule has 4 N–H and O–H groups in total. The van der Waals surface area contributed by atoms with E-state index in [0.29, 0.717) is 63.4 Å². The van der Waals surface area contributed by atoms with Crippen LogP contribution in [0.25, 0.3) is 21.8 Å². The van der Waals surface area contributed by atoms with Crippen LogP contribution < -0.4 is 9.44 Å². The second kappa shape index (κ2) is 16.2. The molecule has 0 saturated heterocycles. The van der Waals surface area contributed by atoms with E-state index in [9.17, 15) is 53.3 Å². The van der Waals surface area contributed by atoms with Crippen LogP contribution in [0.1, 0.15) is 45.1 Å². The van der Waals surface area contributed by atoms with E-state index in [0.717, 1.165) is 35.0 Å². The summed E-state index contributed by atoms with van der Waals surface area (Å²) in [4.78, 5) is 17.3. The molecule has 2 heterocycles. The van der Waals surface area contributed by atoms with Crippen LogP contribution in [-0.4, -0.2) is 44.8 Å². The van der Waals surface area contributed by atoms with Crippen LogP contribution in [0.4, 0.5) is 32.0 Å². The number of aromatic amines is 2. The number of hydrogen-bond acceptors (Lipinski definition) is 6. The first kappa shape index (κ1) is 42.1. The Bertz CT molecular complexity index is 2740. The summed E-state index contributed by atoms with van der Waals surface area (Å²) in [6, 6.07) is 26.4. The molecule has 2 aromatic heterocycles. The lowest BCUT2D eigenvalue weighted by atomic mass is 9.86. The Kier molecular flexibility index (Phi) is 11.4. The van der Waals surface area contributed by atoms with Crippen molar-refractivity contribution in [1.82, 2.24) is 19.4 Å². The molecule has 11 nitrogen and oxygen atoms in total. The summed E-state index contributed by atoms with van der Waals surface area (Å²) in [6.07, 6.45) is -9.16. The van der Waals surface area contributed by atoms with E-state index in [-0.39, 0.29) is 41.4 Å². The minimum Gasteiger partial charge on any atom is -0.357 e. The molecule has 312 valence electrons. The highest BCUT2D eigenvalue weighted by molar-refractivity contribution is 7.89. The minimum atomic E-state index is -4.66. The molecule has 0 spiro atoms. The smallest absolute Gasteiger partial charge is 0.357 e. The topological polar surface area (TPSA) is 167 Å². The zero-order valence-corrected chi connectivity index (χ0v) is 32.6. The standard InChI is InChI=1S/C41H33F6N5O6S2/c42-40(43,44)26-11-17-29(18-12-26)59(55,56)48-23-21-33-31-5-1-3-7-35(31)50-38(33)37(25-9-15-28(16-10-25)52(53)54)39-34(32-6-2-4-8-36(32)51-39)22-24-49-60(57,58)30-19-13-27(14-20-30)41(45,46)47/h1-20,37,48-51H,21-24H2. The number of alkyl halides is 6. The van der Waals surface area contributed by atoms with Crippen LogP contribution in [0.5, 0.6) is 0 Å². The monoisotopic (exact) mass is 869 g/mol. The van der Waals surface area contributed by atoms with Crippen molar-refractivity contribution in [3.05, 3.63) is 171 Å². The molecule has 0 aliphatic rings. The summed E-state index contributed by atoms with van der Waals surface area (Å²) < 4.78 is 137. The predicted molar refractivity (Wildman–Crippen MR) is 211 cm³/mol. The van der Waals surface area contributed by atoms with Crippen molar-refractivity contribution < 1.29 is 48.1 Å². The molecule has 0 aliphatic carbocycles. The highest BCUT2D eigenvalue weighted by Gasteiger charge is 2.33. The Hall–Kier alpha value is -6.02. The summed E-state index contributed by atoms with van der Waals surface area (Å²) in [5.74, 6) is -0.756. The van der Waals surface area contributed by atoms with Crippen LogP contribution in [0.2, 0.25) is 0 Å². The van der Waals surface area contributed by atoms with Crippen LogP contribution in [0.15, 0.2) is 131 Å². The number of fused-ring (bicyclic) bond motifs is 2. The Balaban J connectivity index is 1.27. The van der Waals surface area contributed by atoms with Gasteiger partial charge in [-0.2, -0.15) is 26.3 Å². The maximum atomic E-state index is 13.2. The molecule has 0 unspecified atom stereocenters. The third-order valence-corrected chi connectivity index (χ3v) is 13.0. The zero-order valence-electron chi connectivity index (χ0n) is 30.9. The first-order valence-corrected chi connectivity index (χ1v) is 21.1. The van der Waals surface area contributed by atoms with Gasteiger partial charge in [0, 0.05) is 58.4 Å². The fraction of sp³-hybridized carbons (Fsp3) is 0.171. The molecule has 0 bridgehead atoms. The highest BCUT2D eigenvalue weighted by atomic mass is 32.2. The number of rotatable bonds is 14. The van der Waals surface area contributed by atoms with Gasteiger partial charge in [-0.05, 0) is 90.2 Å². The number of para-hydroxylation sites is 2. The summed E-state index contributed by atoms with van der Waals surface area (Å²) in [5.41, 5.74) is 2.15. The largest absolute Gasteiger partial charge is 0.416 e. The van der Waals surface area contributed by atoms with Crippen molar-refractivity contribution in [3.63, 3.8) is 0 Å². The number of nitrogens with zero attached hydrogens (tertiary/aromatic N) is 1. The Morgan fingerprint density at radius 3 is 1.32 bits per heavy atom. The van der Waals surface area contributed by atoms with Gasteiger partial charge in [0.25, 0.3) is 5.69 Å². The van der Waals surface area contributed by atoms with Gasteiger partial charge in [-0.25, -0.2) is 26.3 Å². The minimum absolute atomic E-state index is 0.0746. The van der Waals surface area contributed by atoms with Gasteiger partial charge in [0.15, 0.2) is 0 Å². The van der Waals surface area contributed by atoms with Crippen molar-refractivity contribution in [2.75, 3.05) is 13.1 Å². The maximum Gasteiger partial charge on any atom is 0.416 e. The number of benzene rings is 5. The molecule has 7 aromatic rings. The molecular formula is C41H33F6N5O6S2. The molecular weight excluding hydrogens is 837 g/mol. The van der Waals surface area contributed by atoms with Crippen LogP contribution in [-0.2, 0) is 45.2 Å². The number of sulfonamides is 2. The third kappa shape index (κ3) is 8.79. The molecule has 0 atom stereocenters. The Morgan fingerprint density at radius 2 is 0.950 bits per heavy atom. The van der Waals surface area contributed by atoms with Gasteiger partial charge in [0.2, 0.25) is 20.0 Å². The molecule has 0 saturated carbocycles. The lowest BCUT2D eigenvalue weighted by molar-refractivity contribution is -0.384. The third-order valence-electron chi connectivity index (χ3n) is 10.0. The number of nitro benzene ring substituents is 1. The van der Waals surface area contributed by atoms with E-state index in [1.165, 1.54) is 12.1 Å². The molecule has 5 aromatic carbocycles. The van der Waals surface area contributed by atoms with Crippen molar-refractivity contribution in [1.29, 1.82) is 0 Å². The number of nitro groups is 1. The maximum absolute atomic E-state index is 13.2. The lowest BCUT2D eigenvalue weighted by Crippen LogP contribution is -2.27. The average molecular weight is 870 g/mol. The fourth-order valence-electron chi connectivity index (χ4n) is 7.17. The molecule has 7 rings (SSSR count). The van der Waals surface area contributed by atoms with E-state index in [4.69, 9.17) is 0 Å². The van der Waals surface area contributed by atoms with Gasteiger partial charge >= 0.3 is 12.4 Å². The molecule has 0 fully saturated rings. The molecule has 0 amide bonds. The highest BCUT2D eigenvalue weighted by Crippen LogP contribution is 2.41. The average Bonchev–Trinajstić information content (AvgIpc) is 3.75. The van der Waals surface area contributed by atoms with E-state index in [1.807, 2.05) is 24.3 Å². The predicted octanol–water partition coefficient (Wildman–Crippen LogP) is 8.82. The van der Waals surface area contributed by atoms with E-state index >= 15 is 0 Å². The quantitative estimate of drug-likeness (QED) is 0.0484.